The van der Waals surface area contributed by atoms with E-state index in [-0.39, 0.29) is 5.78 Å². The summed E-state index contributed by atoms with van der Waals surface area (Å²) in [6.45, 7) is 1.90. The summed E-state index contributed by atoms with van der Waals surface area (Å²) in [5, 5.41) is 2.84. The molecule has 1 nitrogen and oxygen atoms in total. The molecule has 2 aromatic rings. The van der Waals surface area contributed by atoms with E-state index in [1.807, 2.05) is 18.4 Å². The third kappa shape index (κ3) is 2.14. The monoisotopic (exact) mass is 270 g/mol. The summed E-state index contributed by atoms with van der Waals surface area (Å²) in [6.07, 6.45) is 0. The SMILES string of the molecule is Cc1ccsc1C(=O)c1cc(Cl)ccc1Cl. The van der Waals surface area contributed by atoms with E-state index >= 15 is 0 Å². The highest BCUT2D eigenvalue weighted by molar-refractivity contribution is 7.12. The molecule has 0 aliphatic rings. The van der Waals surface area contributed by atoms with Gasteiger partial charge in [-0.1, -0.05) is 23.2 Å². The number of thiophene rings is 1. The predicted octanol–water partition coefficient (Wildman–Crippen LogP) is 4.59. The van der Waals surface area contributed by atoms with Crippen LogP contribution in [0.3, 0.4) is 0 Å². The van der Waals surface area contributed by atoms with Crippen LogP contribution < -0.4 is 0 Å². The van der Waals surface area contributed by atoms with Crippen molar-refractivity contribution in [2.24, 2.45) is 0 Å². The molecular formula is C12H8Cl2OS. The predicted molar refractivity (Wildman–Crippen MR) is 69.0 cm³/mol. The molecule has 4 heteroatoms. The normalized spacial score (nSPS) is 10.4. The van der Waals surface area contributed by atoms with Crippen molar-refractivity contribution in [3.8, 4) is 0 Å². The Hall–Kier alpha value is -0.830. The smallest absolute Gasteiger partial charge is 0.204 e. The minimum absolute atomic E-state index is 0.0694. The highest BCUT2D eigenvalue weighted by atomic mass is 35.5. The van der Waals surface area contributed by atoms with E-state index in [0.29, 0.717) is 20.5 Å². The van der Waals surface area contributed by atoms with Crippen molar-refractivity contribution in [1.29, 1.82) is 0 Å². The number of benzene rings is 1. The van der Waals surface area contributed by atoms with E-state index < -0.39 is 0 Å². The van der Waals surface area contributed by atoms with Crippen LogP contribution in [0.25, 0.3) is 0 Å². The van der Waals surface area contributed by atoms with Gasteiger partial charge < -0.3 is 0 Å². The van der Waals surface area contributed by atoms with Gasteiger partial charge in [0.15, 0.2) is 0 Å². The average molecular weight is 271 g/mol. The fourth-order valence-electron chi connectivity index (χ4n) is 1.40. The van der Waals surface area contributed by atoms with Gasteiger partial charge >= 0.3 is 0 Å². The average Bonchev–Trinajstić information content (AvgIpc) is 2.67. The molecule has 1 aromatic carbocycles. The van der Waals surface area contributed by atoms with Crippen LogP contribution in [0.2, 0.25) is 10.0 Å². The Balaban J connectivity index is 2.49. The van der Waals surface area contributed by atoms with Crippen LogP contribution >= 0.6 is 34.5 Å². The van der Waals surface area contributed by atoms with Crippen molar-refractivity contribution >= 4 is 40.3 Å². The molecule has 0 bridgehead atoms. The maximum Gasteiger partial charge on any atom is 0.204 e. The molecule has 1 aromatic heterocycles. The van der Waals surface area contributed by atoms with Gasteiger partial charge in [-0.2, -0.15) is 0 Å². The summed E-state index contributed by atoms with van der Waals surface area (Å²) in [7, 11) is 0. The number of rotatable bonds is 2. The summed E-state index contributed by atoms with van der Waals surface area (Å²) in [5.41, 5.74) is 1.42. The molecule has 2 rings (SSSR count). The molecule has 0 atom stereocenters. The van der Waals surface area contributed by atoms with Crippen molar-refractivity contribution in [1.82, 2.24) is 0 Å². The summed E-state index contributed by atoms with van der Waals surface area (Å²) in [5.74, 6) is -0.0694. The number of aryl methyl sites for hydroxylation is 1. The zero-order chi connectivity index (χ0) is 11.7. The minimum atomic E-state index is -0.0694. The molecule has 0 radical (unpaired) electrons. The summed E-state index contributed by atoms with van der Waals surface area (Å²) in [4.78, 5) is 12.9. The quantitative estimate of drug-likeness (QED) is 0.730. The highest BCUT2D eigenvalue weighted by Gasteiger charge is 2.16. The van der Waals surface area contributed by atoms with E-state index in [0.717, 1.165) is 5.56 Å². The van der Waals surface area contributed by atoms with Gasteiger partial charge in [-0.3, -0.25) is 4.79 Å². The molecule has 0 saturated carbocycles. The molecule has 0 spiro atoms. The second-order valence-electron chi connectivity index (χ2n) is 3.39. The van der Waals surface area contributed by atoms with Gasteiger partial charge in [-0.05, 0) is 42.1 Å². The number of carbonyl (C=O) groups excluding carboxylic acids is 1. The molecule has 0 aliphatic heterocycles. The Bertz CT molecular complexity index is 546. The first kappa shape index (κ1) is 11.6. The molecule has 0 amide bonds. The van der Waals surface area contributed by atoms with Crippen LogP contribution in [-0.4, -0.2) is 5.78 Å². The van der Waals surface area contributed by atoms with Gasteiger partial charge in [0, 0.05) is 10.6 Å². The first-order chi connectivity index (χ1) is 7.59. The van der Waals surface area contributed by atoms with Crippen LogP contribution in [0, 0.1) is 6.92 Å². The van der Waals surface area contributed by atoms with Crippen LogP contribution in [0.4, 0.5) is 0 Å². The fourth-order valence-corrected chi connectivity index (χ4v) is 2.65. The van der Waals surface area contributed by atoms with Gasteiger partial charge in [0.25, 0.3) is 0 Å². The van der Waals surface area contributed by atoms with Crippen LogP contribution in [-0.2, 0) is 0 Å². The number of ketones is 1. The third-order valence-electron chi connectivity index (χ3n) is 2.24. The standard InChI is InChI=1S/C12H8Cl2OS/c1-7-4-5-16-12(7)11(15)9-6-8(13)2-3-10(9)14/h2-6H,1H3. The molecule has 1 heterocycles. The third-order valence-corrected chi connectivity index (χ3v) is 3.82. The van der Waals surface area contributed by atoms with Crippen LogP contribution in [0.15, 0.2) is 29.6 Å². The molecule has 0 N–H and O–H groups in total. The molecule has 82 valence electrons. The van der Waals surface area contributed by atoms with Gasteiger partial charge in [-0.15, -0.1) is 11.3 Å². The maximum atomic E-state index is 12.2. The topological polar surface area (TPSA) is 17.1 Å². The summed E-state index contributed by atoms with van der Waals surface area (Å²) >= 11 is 13.3. The van der Waals surface area contributed by atoms with Crippen LogP contribution in [0.5, 0.6) is 0 Å². The second-order valence-corrected chi connectivity index (χ2v) is 5.15. The van der Waals surface area contributed by atoms with E-state index in [1.54, 1.807) is 18.2 Å². The van der Waals surface area contributed by atoms with E-state index in [2.05, 4.69) is 0 Å². The number of hydrogen-bond acceptors (Lipinski definition) is 2. The van der Waals surface area contributed by atoms with E-state index in [4.69, 9.17) is 23.2 Å². The first-order valence-corrected chi connectivity index (χ1v) is 6.27. The van der Waals surface area contributed by atoms with Crippen molar-refractivity contribution in [2.75, 3.05) is 0 Å². The lowest BCUT2D eigenvalue weighted by atomic mass is 10.1. The summed E-state index contributed by atoms with van der Waals surface area (Å²) in [6, 6.07) is 6.82. The highest BCUT2D eigenvalue weighted by Crippen LogP contribution is 2.26. The largest absolute Gasteiger partial charge is 0.288 e. The second kappa shape index (κ2) is 4.58. The lowest BCUT2D eigenvalue weighted by Gasteiger charge is -2.03. The van der Waals surface area contributed by atoms with E-state index in [1.165, 1.54) is 11.3 Å². The molecule has 0 aliphatic carbocycles. The molecule has 0 saturated heterocycles. The lowest BCUT2D eigenvalue weighted by Crippen LogP contribution is -2.01. The Morgan fingerprint density at radius 3 is 2.62 bits per heavy atom. The van der Waals surface area contributed by atoms with Crippen molar-refractivity contribution in [2.45, 2.75) is 6.92 Å². The van der Waals surface area contributed by atoms with Gasteiger partial charge in [-0.25, -0.2) is 0 Å². The zero-order valence-electron chi connectivity index (χ0n) is 8.46. The van der Waals surface area contributed by atoms with E-state index in [9.17, 15) is 4.79 Å². The number of carbonyl (C=O) groups is 1. The Morgan fingerprint density at radius 2 is 2.00 bits per heavy atom. The molecule has 0 fully saturated rings. The fraction of sp³-hybridized carbons (Fsp3) is 0.0833. The Labute approximate surface area is 108 Å². The van der Waals surface area contributed by atoms with Gasteiger partial charge in [0.1, 0.15) is 0 Å². The van der Waals surface area contributed by atoms with Crippen molar-refractivity contribution in [3.63, 3.8) is 0 Å². The van der Waals surface area contributed by atoms with Gasteiger partial charge in [0.05, 0.1) is 9.90 Å². The number of halogens is 2. The van der Waals surface area contributed by atoms with Crippen LogP contribution in [0.1, 0.15) is 20.8 Å². The summed E-state index contributed by atoms with van der Waals surface area (Å²) < 4.78 is 0. The molecule has 16 heavy (non-hydrogen) atoms. The molecule has 0 unspecified atom stereocenters. The lowest BCUT2D eigenvalue weighted by molar-refractivity contribution is 0.104. The Kier molecular flexibility index (Phi) is 3.33. The number of hydrogen-bond donors (Lipinski definition) is 0. The zero-order valence-corrected chi connectivity index (χ0v) is 10.8. The molecular weight excluding hydrogens is 263 g/mol. The van der Waals surface area contributed by atoms with Crippen molar-refractivity contribution < 1.29 is 4.79 Å². The maximum absolute atomic E-state index is 12.2. The minimum Gasteiger partial charge on any atom is -0.288 e. The van der Waals surface area contributed by atoms with Crippen molar-refractivity contribution in [3.05, 3.63) is 55.7 Å². The Morgan fingerprint density at radius 1 is 1.25 bits per heavy atom. The first-order valence-electron chi connectivity index (χ1n) is 4.63. The van der Waals surface area contributed by atoms with Gasteiger partial charge in [0.2, 0.25) is 5.78 Å².